The van der Waals surface area contributed by atoms with Crippen LogP contribution in [0.1, 0.15) is 23.2 Å². The number of carbonyl (C=O) groups is 1. The van der Waals surface area contributed by atoms with E-state index in [1.165, 1.54) is 0 Å². The zero-order chi connectivity index (χ0) is 11.6. The normalized spacial score (nSPS) is 11.3. The summed E-state index contributed by atoms with van der Waals surface area (Å²) in [4.78, 5) is 18.1. The zero-order valence-corrected chi connectivity index (χ0v) is 9.08. The largest absolute Gasteiger partial charge is 0.477 e. The Kier molecular flexibility index (Phi) is 3.04. The SMILES string of the molecule is CCc1nc(C(=O)O)cc(S(C)(=O)=O)n1. The Morgan fingerprint density at radius 2 is 2.07 bits per heavy atom. The molecule has 15 heavy (non-hydrogen) atoms. The number of aryl methyl sites for hydroxylation is 1. The van der Waals surface area contributed by atoms with Crippen LogP contribution in [0.4, 0.5) is 0 Å². The predicted octanol–water partition coefficient (Wildman–Crippen LogP) is 0.141. The van der Waals surface area contributed by atoms with Gasteiger partial charge in [0.1, 0.15) is 5.82 Å². The van der Waals surface area contributed by atoms with Crippen LogP contribution in [-0.2, 0) is 16.3 Å². The van der Waals surface area contributed by atoms with Crippen molar-refractivity contribution in [3.05, 3.63) is 17.6 Å². The maximum absolute atomic E-state index is 11.2. The lowest BCUT2D eigenvalue weighted by atomic mass is 10.4. The zero-order valence-electron chi connectivity index (χ0n) is 8.26. The topological polar surface area (TPSA) is 97.2 Å². The highest BCUT2D eigenvalue weighted by molar-refractivity contribution is 7.90. The van der Waals surface area contributed by atoms with Gasteiger partial charge in [0.2, 0.25) is 0 Å². The number of carboxylic acids is 1. The van der Waals surface area contributed by atoms with Crippen molar-refractivity contribution >= 4 is 15.8 Å². The maximum atomic E-state index is 11.2. The molecule has 0 saturated carbocycles. The first kappa shape index (κ1) is 11.6. The summed E-state index contributed by atoms with van der Waals surface area (Å²) >= 11 is 0. The van der Waals surface area contributed by atoms with Crippen molar-refractivity contribution in [3.8, 4) is 0 Å². The van der Waals surface area contributed by atoms with Crippen LogP contribution in [0.3, 0.4) is 0 Å². The molecule has 0 aromatic carbocycles. The Bertz CT molecular complexity index is 495. The number of rotatable bonds is 3. The van der Waals surface area contributed by atoms with E-state index in [1.54, 1.807) is 6.92 Å². The molecule has 0 amide bonds. The lowest BCUT2D eigenvalue weighted by Crippen LogP contribution is -2.10. The van der Waals surface area contributed by atoms with Crippen LogP contribution in [-0.4, -0.2) is 35.7 Å². The number of hydrogen-bond donors (Lipinski definition) is 1. The molecular weight excluding hydrogens is 220 g/mol. The summed E-state index contributed by atoms with van der Waals surface area (Å²) in [6.07, 6.45) is 1.35. The summed E-state index contributed by atoms with van der Waals surface area (Å²) in [5, 5.41) is 8.45. The van der Waals surface area contributed by atoms with E-state index in [-0.39, 0.29) is 16.5 Å². The fraction of sp³-hybridized carbons (Fsp3) is 0.375. The number of sulfone groups is 1. The summed E-state index contributed by atoms with van der Waals surface area (Å²) < 4.78 is 22.4. The van der Waals surface area contributed by atoms with Gasteiger partial charge in [0.05, 0.1) is 0 Å². The molecule has 0 spiro atoms. The summed E-state index contributed by atoms with van der Waals surface area (Å²) in [7, 11) is -3.51. The van der Waals surface area contributed by atoms with Crippen LogP contribution in [0, 0.1) is 0 Å². The van der Waals surface area contributed by atoms with Crippen LogP contribution < -0.4 is 0 Å². The second-order valence-electron chi connectivity index (χ2n) is 2.94. The average Bonchev–Trinajstić information content (AvgIpc) is 2.15. The Balaban J connectivity index is 3.43. The smallest absolute Gasteiger partial charge is 0.354 e. The summed E-state index contributed by atoms with van der Waals surface area (Å²) in [6.45, 7) is 1.72. The lowest BCUT2D eigenvalue weighted by Gasteiger charge is -2.02. The fourth-order valence-corrected chi connectivity index (χ4v) is 1.53. The Hall–Kier alpha value is -1.50. The standard InChI is InChI=1S/C8H10N2O4S/c1-3-6-9-5(8(11)12)4-7(10-6)15(2,13)14/h4H,3H2,1-2H3,(H,11,12). The second kappa shape index (κ2) is 3.93. The van der Waals surface area contributed by atoms with Crippen molar-refractivity contribution < 1.29 is 18.3 Å². The van der Waals surface area contributed by atoms with Gasteiger partial charge in [0.15, 0.2) is 20.6 Å². The number of aromatic nitrogens is 2. The molecule has 0 radical (unpaired) electrons. The number of aromatic carboxylic acids is 1. The van der Waals surface area contributed by atoms with Crippen LogP contribution >= 0.6 is 0 Å². The molecule has 0 fully saturated rings. The molecule has 0 bridgehead atoms. The van der Waals surface area contributed by atoms with Gasteiger partial charge >= 0.3 is 5.97 Å². The predicted molar refractivity (Wildman–Crippen MR) is 51.5 cm³/mol. The van der Waals surface area contributed by atoms with Crippen molar-refractivity contribution in [1.29, 1.82) is 0 Å². The van der Waals surface area contributed by atoms with E-state index in [0.29, 0.717) is 6.42 Å². The highest BCUT2D eigenvalue weighted by Crippen LogP contribution is 2.08. The number of nitrogens with zero attached hydrogens (tertiary/aromatic N) is 2. The molecule has 82 valence electrons. The molecular formula is C8H10N2O4S. The molecule has 0 aliphatic rings. The lowest BCUT2D eigenvalue weighted by molar-refractivity contribution is 0.0689. The van der Waals surface area contributed by atoms with Crippen LogP contribution in [0.5, 0.6) is 0 Å². The Morgan fingerprint density at radius 1 is 1.47 bits per heavy atom. The molecule has 1 heterocycles. The molecule has 1 aromatic rings. The first-order valence-corrected chi connectivity index (χ1v) is 6.05. The maximum Gasteiger partial charge on any atom is 0.354 e. The van der Waals surface area contributed by atoms with Crippen molar-refractivity contribution in [2.24, 2.45) is 0 Å². The Morgan fingerprint density at radius 3 is 2.47 bits per heavy atom. The minimum atomic E-state index is -3.51. The third kappa shape index (κ3) is 2.72. The van der Waals surface area contributed by atoms with Gasteiger partial charge in [-0.1, -0.05) is 6.92 Å². The summed E-state index contributed by atoms with van der Waals surface area (Å²) in [5.74, 6) is -1.06. The molecule has 6 nitrogen and oxygen atoms in total. The van der Waals surface area contributed by atoms with Crippen LogP contribution in [0.15, 0.2) is 11.1 Å². The first-order valence-electron chi connectivity index (χ1n) is 4.16. The van der Waals surface area contributed by atoms with E-state index in [9.17, 15) is 13.2 Å². The molecule has 0 aliphatic heterocycles. The minimum absolute atomic E-state index is 0.204. The van der Waals surface area contributed by atoms with E-state index >= 15 is 0 Å². The van der Waals surface area contributed by atoms with Gasteiger partial charge in [-0.05, 0) is 0 Å². The highest BCUT2D eigenvalue weighted by atomic mass is 32.2. The van der Waals surface area contributed by atoms with Crippen molar-refractivity contribution in [2.45, 2.75) is 18.4 Å². The van der Waals surface area contributed by atoms with E-state index < -0.39 is 15.8 Å². The van der Waals surface area contributed by atoms with Crippen molar-refractivity contribution in [1.82, 2.24) is 9.97 Å². The van der Waals surface area contributed by atoms with E-state index in [0.717, 1.165) is 12.3 Å². The van der Waals surface area contributed by atoms with Gasteiger partial charge in [-0.25, -0.2) is 23.2 Å². The molecule has 0 saturated heterocycles. The van der Waals surface area contributed by atoms with Crippen LogP contribution in [0.25, 0.3) is 0 Å². The van der Waals surface area contributed by atoms with E-state index in [2.05, 4.69) is 9.97 Å². The highest BCUT2D eigenvalue weighted by Gasteiger charge is 2.15. The van der Waals surface area contributed by atoms with E-state index in [4.69, 9.17) is 5.11 Å². The first-order chi connectivity index (χ1) is 6.84. The molecule has 1 N–H and O–H groups in total. The Labute approximate surface area is 86.9 Å². The number of hydrogen-bond acceptors (Lipinski definition) is 5. The molecule has 0 unspecified atom stereocenters. The number of carboxylic acid groups (broad SMARTS) is 1. The van der Waals surface area contributed by atoms with Crippen molar-refractivity contribution in [2.75, 3.05) is 6.26 Å². The third-order valence-electron chi connectivity index (χ3n) is 1.66. The summed E-state index contributed by atoms with van der Waals surface area (Å²) in [5.41, 5.74) is -0.303. The van der Waals surface area contributed by atoms with Gasteiger partial charge in [0, 0.05) is 18.7 Å². The van der Waals surface area contributed by atoms with Crippen molar-refractivity contribution in [3.63, 3.8) is 0 Å². The second-order valence-corrected chi connectivity index (χ2v) is 4.90. The summed E-state index contributed by atoms with van der Waals surface area (Å²) in [6, 6.07) is 0.955. The fourth-order valence-electron chi connectivity index (χ4n) is 0.930. The molecule has 0 atom stereocenters. The molecule has 7 heteroatoms. The van der Waals surface area contributed by atoms with Gasteiger partial charge in [0.25, 0.3) is 0 Å². The van der Waals surface area contributed by atoms with Gasteiger partial charge in [-0.15, -0.1) is 0 Å². The third-order valence-corrected chi connectivity index (χ3v) is 2.63. The van der Waals surface area contributed by atoms with Gasteiger partial charge < -0.3 is 5.11 Å². The molecule has 1 aromatic heterocycles. The van der Waals surface area contributed by atoms with Gasteiger partial charge in [-0.2, -0.15) is 0 Å². The monoisotopic (exact) mass is 230 g/mol. The van der Waals surface area contributed by atoms with Crippen LogP contribution in [0.2, 0.25) is 0 Å². The van der Waals surface area contributed by atoms with Gasteiger partial charge in [-0.3, -0.25) is 0 Å². The molecule has 1 rings (SSSR count). The van der Waals surface area contributed by atoms with E-state index in [1.807, 2.05) is 0 Å². The molecule has 0 aliphatic carbocycles. The quantitative estimate of drug-likeness (QED) is 0.742. The average molecular weight is 230 g/mol. The minimum Gasteiger partial charge on any atom is -0.477 e.